The Kier molecular flexibility index (Phi) is 3.75. The van der Waals surface area contributed by atoms with Gasteiger partial charge in [-0.2, -0.15) is 0 Å². The van der Waals surface area contributed by atoms with Crippen LogP contribution >= 0.6 is 0 Å². The van der Waals surface area contributed by atoms with Crippen LogP contribution in [0.1, 0.15) is 20.8 Å². The van der Waals surface area contributed by atoms with Gasteiger partial charge in [0.1, 0.15) is 11.4 Å². The minimum Gasteiger partial charge on any atom is -0.444 e. The highest BCUT2D eigenvalue weighted by atomic mass is 16.6. The standard InChI is InChI=1S/C14H15N3O4/c1-14(2,3)21-13(18)16-12-11-8-10(17(19)20)5-4-9(11)6-7-15-12/h4-8H,1-3H3,(H,15,16,18). The Morgan fingerprint density at radius 2 is 2.05 bits per heavy atom. The molecule has 1 aromatic carbocycles. The first-order valence-electron chi connectivity index (χ1n) is 6.29. The molecule has 1 amide bonds. The van der Waals surface area contributed by atoms with Gasteiger partial charge in [0.05, 0.1) is 4.92 Å². The van der Waals surface area contributed by atoms with Gasteiger partial charge in [0, 0.05) is 23.7 Å². The van der Waals surface area contributed by atoms with Gasteiger partial charge in [0.2, 0.25) is 0 Å². The molecule has 0 aliphatic carbocycles. The van der Waals surface area contributed by atoms with Gasteiger partial charge in [-0.05, 0) is 38.3 Å². The quantitative estimate of drug-likeness (QED) is 0.674. The van der Waals surface area contributed by atoms with Gasteiger partial charge < -0.3 is 4.74 Å². The molecule has 0 fully saturated rings. The Hall–Kier alpha value is -2.70. The van der Waals surface area contributed by atoms with Crippen molar-refractivity contribution in [3.8, 4) is 0 Å². The van der Waals surface area contributed by atoms with E-state index in [0.717, 1.165) is 5.39 Å². The van der Waals surface area contributed by atoms with Crippen LogP contribution in [0.15, 0.2) is 30.5 Å². The first kappa shape index (κ1) is 14.7. The summed E-state index contributed by atoms with van der Waals surface area (Å²) < 4.78 is 5.14. The van der Waals surface area contributed by atoms with E-state index in [0.29, 0.717) is 5.39 Å². The van der Waals surface area contributed by atoms with Gasteiger partial charge in [-0.3, -0.25) is 15.4 Å². The SMILES string of the molecule is CC(C)(C)OC(=O)Nc1nccc2ccc([N+](=O)[O-])cc12. The van der Waals surface area contributed by atoms with E-state index in [-0.39, 0.29) is 11.5 Å². The lowest BCUT2D eigenvalue weighted by atomic mass is 10.1. The molecule has 2 rings (SSSR count). The number of nitrogens with zero attached hydrogens (tertiary/aromatic N) is 2. The summed E-state index contributed by atoms with van der Waals surface area (Å²) in [6, 6.07) is 6.09. The Labute approximate surface area is 121 Å². The molecule has 0 radical (unpaired) electrons. The fourth-order valence-electron chi connectivity index (χ4n) is 1.77. The monoisotopic (exact) mass is 289 g/mol. The maximum absolute atomic E-state index is 11.8. The minimum absolute atomic E-state index is 0.0669. The van der Waals surface area contributed by atoms with Gasteiger partial charge in [0.25, 0.3) is 5.69 Å². The second kappa shape index (κ2) is 5.35. The first-order chi connectivity index (χ1) is 9.76. The van der Waals surface area contributed by atoms with E-state index in [2.05, 4.69) is 10.3 Å². The summed E-state index contributed by atoms with van der Waals surface area (Å²) in [5.41, 5.74) is -0.705. The molecule has 2 aromatic rings. The number of nitro groups is 1. The normalized spacial score (nSPS) is 11.2. The van der Waals surface area contributed by atoms with E-state index in [1.807, 2.05) is 0 Å². The molecule has 21 heavy (non-hydrogen) atoms. The van der Waals surface area contributed by atoms with Crippen molar-refractivity contribution in [2.75, 3.05) is 5.32 Å². The molecular formula is C14H15N3O4. The van der Waals surface area contributed by atoms with Crippen molar-refractivity contribution < 1.29 is 14.5 Å². The lowest BCUT2D eigenvalue weighted by Crippen LogP contribution is -2.27. The lowest BCUT2D eigenvalue weighted by molar-refractivity contribution is -0.384. The van der Waals surface area contributed by atoms with Crippen molar-refractivity contribution in [2.45, 2.75) is 26.4 Å². The highest BCUT2D eigenvalue weighted by molar-refractivity contribution is 5.99. The van der Waals surface area contributed by atoms with E-state index in [9.17, 15) is 14.9 Å². The highest BCUT2D eigenvalue weighted by Crippen LogP contribution is 2.26. The van der Waals surface area contributed by atoms with Gasteiger partial charge in [-0.1, -0.05) is 0 Å². The molecule has 0 aliphatic rings. The van der Waals surface area contributed by atoms with Crippen LogP contribution in [0.25, 0.3) is 10.8 Å². The van der Waals surface area contributed by atoms with Crippen LogP contribution in [-0.4, -0.2) is 21.6 Å². The molecule has 0 spiro atoms. The number of benzene rings is 1. The van der Waals surface area contributed by atoms with Crippen LogP contribution in [-0.2, 0) is 4.74 Å². The number of fused-ring (bicyclic) bond motifs is 1. The van der Waals surface area contributed by atoms with Crippen molar-refractivity contribution >= 4 is 28.4 Å². The van der Waals surface area contributed by atoms with Crippen molar-refractivity contribution in [3.05, 3.63) is 40.6 Å². The van der Waals surface area contributed by atoms with Crippen LogP contribution in [0.3, 0.4) is 0 Å². The maximum Gasteiger partial charge on any atom is 0.413 e. The number of carbonyl (C=O) groups is 1. The number of amides is 1. The zero-order valence-corrected chi connectivity index (χ0v) is 11.9. The molecule has 1 heterocycles. The smallest absolute Gasteiger partial charge is 0.413 e. The highest BCUT2D eigenvalue weighted by Gasteiger charge is 2.18. The summed E-state index contributed by atoms with van der Waals surface area (Å²) in [4.78, 5) is 26.2. The largest absolute Gasteiger partial charge is 0.444 e. The third-order valence-electron chi connectivity index (χ3n) is 2.58. The lowest BCUT2D eigenvalue weighted by Gasteiger charge is -2.19. The number of rotatable bonds is 2. The zero-order valence-electron chi connectivity index (χ0n) is 11.9. The van der Waals surface area contributed by atoms with E-state index in [4.69, 9.17) is 4.74 Å². The fraction of sp³-hybridized carbons (Fsp3) is 0.286. The second-order valence-electron chi connectivity index (χ2n) is 5.45. The van der Waals surface area contributed by atoms with E-state index >= 15 is 0 Å². The van der Waals surface area contributed by atoms with E-state index in [1.165, 1.54) is 18.3 Å². The predicted octanol–water partition coefficient (Wildman–Crippen LogP) is 3.49. The van der Waals surface area contributed by atoms with Crippen molar-refractivity contribution in [2.24, 2.45) is 0 Å². The van der Waals surface area contributed by atoms with Gasteiger partial charge in [-0.15, -0.1) is 0 Å². The second-order valence-corrected chi connectivity index (χ2v) is 5.45. The first-order valence-corrected chi connectivity index (χ1v) is 6.29. The predicted molar refractivity (Wildman–Crippen MR) is 78.3 cm³/mol. The Morgan fingerprint density at radius 3 is 2.67 bits per heavy atom. The van der Waals surface area contributed by atoms with Crippen LogP contribution < -0.4 is 5.32 Å². The maximum atomic E-state index is 11.8. The van der Waals surface area contributed by atoms with E-state index < -0.39 is 16.6 Å². The zero-order chi connectivity index (χ0) is 15.6. The Morgan fingerprint density at radius 1 is 1.33 bits per heavy atom. The molecule has 0 atom stereocenters. The van der Waals surface area contributed by atoms with Crippen LogP contribution in [0, 0.1) is 10.1 Å². The number of ether oxygens (including phenoxy) is 1. The number of anilines is 1. The van der Waals surface area contributed by atoms with Crippen LogP contribution in [0.2, 0.25) is 0 Å². The molecule has 0 bridgehead atoms. The molecule has 0 unspecified atom stereocenters. The molecule has 0 aliphatic heterocycles. The summed E-state index contributed by atoms with van der Waals surface area (Å²) in [5.74, 6) is 0.227. The third-order valence-corrected chi connectivity index (χ3v) is 2.58. The van der Waals surface area contributed by atoms with Gasteiger partial charge in [-0.25, -0.2) is 9.78 Å². The molecule has 110 valence electrons. The summed E-state index contributed by atoms with van der Waals surface area (Å²) in [6.45, 7) is 5.23. The number of hydrogen-bond acceptors (Lipinski definition) is 5. The number of non-ortho nitro benzene ring substituents is 1. The van der Waals surface area contributed by atoms with Gasteiger partial charge >= 0.3 is 6.09 Å². The molecule has 0 saturated carbocycles. The summed E-state index contributed by atoms with van der Waals surface area (Å²) in [6.07, 6.45) is 0.856. The summed E-state index contributed by atoms with van der Waals surface area (Å²) in [7, 11) is 0. The van der Waals surface area contributed by atoms with Crippen LogP contribution in [0.5, 0.6) is 0 Å². The molecule has 7 heteroatoms. The van der Waals surface area contributed by atoms with Crippen LogP contribution in [0.4, 0.5) is 16.3 Å². The van der Waals surface area contributed by atoms with Crippen molar-refractivity contribution in [1.29, 1.82) is 0 Å². The number of nitro benzene ring substituents is 1. The van der Waals surface area contributed by atoms with Crippen molar-refractivity contribution in [1.82, 2.24) is 4.98 Å². The van der Waals surface area contributed by atoms with Gasteiger partial charge in [0.15, 0.2) is 0 Å². The Balaban J connectivity index is 2.37. The number of nitrogens with one attached hydrogen (secondary N) is 1. The molecule has 7 nitrogen and oxygen atoms in total. The fourth-order valence-corrected chi connectivity index (χ4v) is 1.77. The number of carbonyl (C=O) groups excluding carboxylic acids is 1. The molecule has 0 saturated heterocycles. The van der Waals surface area contributed by atoms with Crippen molar-refractivity contribution in [3.63, 3.8) is 0 Å². The number of aromatic nitrogens is 1. The van der Waals surface area contributed by atoms with E-state index in [1.54, 1.807) is 32.9 Å². The third kappa shape index (κ3) is 3.65. The number of pyridine rings is 1. The minimum atomic E-state index is -0.658. The average Bonchev–Trinajstić information content (AvgIpc) is 2.36. The molecular weight excluding hydrogens is 274 g/mol. The molecule has 1 N–H and O–H groups in total. The summed E-state index contributed by atoms with van der Waals surface area (Å²) >= 11 is 0. The topological polar surface area (TPSA) is 94.4 Å². The number of hydrogen-bond donors (Lipinski definition) is 1. The Bertz CT molecular complexity index is 707. The average molecular weight is 289 g/mol. The molecule has 1 aromatic heterocycles. The summed E-state index contributed by atoms with van der Waals surface area (Å²) in [5, 5.41) is 14.6.